The lowest BCUT2D eigenvalue weighted by atomic mass is 10.3. The molecule has 3 rings (SSSR count). The van der Waals surface area contributed by atoms with Crippen LogP contribution in [0.15, 0.2) is 41.2 Å². The maximum atomic E-state index is 12.6. The molecule has 130 valence electrons. The summed E-state index contributed by atoms with van der Waals surface area (Å²) in [6.07, 6.45) is 1.82. The number of fused-ring (bicyclic) bond motifs is 1. The van der Waals surface area contributed by atoms with Crippen LogP contribution >= 0.6 is 11.3 Å². The third-order valence-electron chi connectivity index (χ3n) is 3.87. The van der Waals surface area contributed by atoms with Gasteiger partial charge in [-0.15, -0.1) is 11.3 Å². The molecule has 0 aliphatic carbocycles. The summed E-state index contributed by atoms with van der Waals surface area (Å²) in [5.74, 6) is -0.218. The van der Waals surface area contributed by atoms with Crippen molar-refractivity contribution in [2.24, 2.45) is 0 Å². The molecule has 3 aromatic rings. The van der Waals surface area contributed by atoms with Crippen molar-refractivity contribution in [1.29, 1.82) is 0 Å². The molecule has 0 bridgehead atoms. The first kappa shape index (κ1) is 17.3. The van der Waals surface area contributed by atoms with Crippen LogP contribution in [0.4, 0.5) is 0 Å². The minimum atomic E-state index is -0.218. The average molecular weight is 356 g/mol. The number of carbonyl (C=O) groups excluding carboxylic acids is 1. The number of amides is 1. The molecule has 1 aromatic carbocycles. The number of hydrogen-bond acceptors (Lipinski definition) is 5. The molecular weight excluding hydrogens is 336 g/mol. The van der Waals surface area contributed by atoms with Gasteiger partial charge in [-0.3, -0.25) is 9.59 Å². The summed E-state index contributed by atoms with van der Waals surface area (Å²) in [4.78, 5) is 30.6. The molecule has 0 saturated carbocycles. The normalized spacial score (nSPS) is 11.0. The third-order valence-corrected chi connectivity index (χ3v) is 4.89. The highest BCUT2D eigenvalue weighted by molar-refractivity contribution is 7.18. The summed E-state index contributed by atoms with van der Waals surface area (Å²) < 4.78 is 2.46. The van der Waals surface area contributed by atoms with E-state index in [1.165, 1.54) is 16.8 Å². The van der Waals surface area contributed by atoms with E-state index in [0.717, 1.165) is 28.1 Å². The number of unbranched alkanes of at least 4 members (excludes halogenated alkanes) is 1. The van der Waals surface area contributed by atoms with Gasteiger partial charge in [-0.2, -0.15) is 5.10 Å². The van der Waals surface area contributed by atoms with Crippen molar-refractivity contribution in [2.45, 2.75) is 32.9 Å². The molecule has 6 nitrogen and oxygen atoms in total. The Hall–Kier alpha value is -2.54. The molecule has 1 amide bonds. The van der Waals surface area contributed by atoms with Gasteiger partial charge >= 0.3 is 0 Å². The second kappa shape index (κ2) is 7.57. The topological polar surface area (TPSA) is 68.1 Å². The molecule has 0 unspecified atom stereocenters. The maximum absolute atomic E-state index is 12.6. The molecule has 0 radical (unpaired) electrons. The zero-order chi connectivity index (χ0) is 17.8. The first-order chi connectivity index (χ1) is 12.1. The number of nitrogens with zero attached hydrogens (tertiary/aromatic N) is 4. The van der Waals surface area contributed by atoms with Gasteiger partial charge in [0, 0.05) is 19.7 Å². The molecule has 0 N–H and O–H groups in total. The van der Waals surface area contributed by atoms with Crippen LogP contribution in [0.25, 0.3) is 10.2 Å². The fourth-order valence-corrected chi connectivity index (χ4v) is 3.51. The molecule has 7 heteroatoms. The van der Waals surface area contributed by atoms with Crippen LogP contribution in [-0.2, 0) is 13.1 Å². The van der Waals surface area contributed by atoms with E-state index in [1.807, 2.05) is 31.2 Å². The van der Waals surface area contributed by atoms with Gasteiger partial charge in [0.1, 0.15) is 10.7 Å². The highest BCUT2D eigenvalue weighted by Gasteiger charge is 2.16. The van der Waals surface area contributed by atoms with E-state index in [9.17, 15) is 9.59 Å². The number of carbonyl (C=O) groups is 1. The van der Waals surface area contributed by atoms with Gasteiger partial charge in [-0.1, -0.05) is 25.5 Å². The predicted octanol–water partition coefficient (Wildman–Crippen LogP) is 2.93. The Kier molecular flexibility index (Phi) is 5.23. The second-order valence-electron chi connectivity index (χ2n) is 5.87. The molecule has 0 spiro atoms. The highest BCUT2D eigenvalue weighted by atomic mass is 32.1. The molecule has 0 aliphatic heterocycles. The first-order valence-corrected chi connectivity index (χ1v) is 9.08. The third kappa shape index (κ3) is 3.93. The highest BCUT2D eigenvalue weighted by Crippen LogP contribution is 2.22. The smallest absolute Gasteiger partial charge is 0.274 e. The lowest BCUT2D eigenvalue weighted by molar-refractivity contribution is 0.0776. The first-order valence-electron chi connectivity index (χ1n) is 8.26. The van der Waals surface area contributed by atoms with Crippen LogP contribution in [0.5, 0.6) is 0 Å². The average Bonchev–Trinajstić information content (AvgIpc) is 3.02. The molecule has 2 aromatic heterocycles. The summed E-state index contributed by atoms with van der Waals surface area (Å²) in [5.41, 5.74) is 1.03. The number of aromatic nitrogens is 3. The van der Waals surface area contributed by atoms with Crippen molar-refractivity contribution in [2.75, 3.05) is 7.05 Å². The van der Waals surface area contributed by atoms with E-state index in [-0.39, 0.29) is 17.2 Å². The fraction of sp³-hybridized carbons (Fsp3) is 0.333. The summed E-state index contributed by atoms with van der Waals surface area (Å²) in [5, 5.41) is 5.08. The van der Waals surface area contributed by atoms with E-state index in [4.69, 9.17) is 0 Å². The Balaban J connectivity index is 1.76. The number of benzene rings is 1. The molecule has 0 atom stereocenters. The zero-order valence-corrected chi connectivity index (χ0v) is 15.1. The van der Waals surface area contributed by atoms with E-state index in [0.29, 0.717) is 13.1 Å². The molecule has 2 heterocycles. The fourth-order valence-electron chi connectivity index (χ4n) is 2.49. The van der Waals surface area contributed by atoms with Gasteiger partial charge in [0.15, 0.2) is 0 Å². The van der Waals surface area contributed by atoms with Crippen LogP contribution in [0.1, 0.15) is 35.3 Å². The van der Waals surface area contributed by atoms with Gasteiger partial charge in [0.25, 0.3) is 11.5 Å². The van der Waals surface area contributed by atoms with Gasteiger partial charge in [0.05, 0.1) is 16.8 Å². The standard InChI is InChI=1S/C18H20N4O2S/c1-3-4-11-22-17(23)10-9-14(20-22)18(24)21(2)12-16-19-13-7-5-6-8-15(13)25-16/h5-10H,3-4,11-12H2,1-2H3. The SMILES string of the molecule is CCCCn1nc(C(=O)N(C)Cc2nc3ccccc3s2)ccc1=O. The quantitative estimate of drug-likeness (QED) is 0.681. The van der Waals surface area contributed by atoms with Crippen molar-refractivity contribution in [3.05, 3.63) is 57.5 Å². The van der Waals surface area contributed by atoms with Crippen LogP contribution in [0, 0.1) is 0 Å². The summed E-state index contributed by atoms with van der Waals surface area (Å²) in [6, 6.07) is 10.8. The monoisotopic (exact) mass is 356 g/mol. The predicted molar refractivity (Wildman–Crippen MR) is 98.8 cm³/mol. The number of rotatable bonds is 6. The van der Waals surface area contributed by atoms with Crippen LogP contribution in [0.3, 0.4) is 0 Å². The van der Waals surface area contributed by atoms with Crippen molar-refractivity contribution in [1.82, 2.24) is 19.7 Å². The van der Waals surface area contributed by atoms with Crippen LogP contribution < -0.4 is 5.56 Å². The molecular formula is C18H20N4O2S. The van der Waals surface area contributed by atoms with Gasteiger partial charge in [-0.25, -0.2) is 9.67 Å². The van der Waals surface area contributed by atoms with Crippen LogP contribution in [0.2, 0.25) is 0 Å². The van der Waals surface area contributed by atoms with Crippen molar-refractivity contribution < 1.29 is 4.79 Å². The second-order valence-corrected chi connectivity index (χ2v) is 6.99. The number of hydrogen-bond donors (Lipinski definition) is 0. The molecule has 25 heavy (non-hydrogen) atoms. The Morgan fingerprint density at radius 2 is 2.04 bits per heavy atom. The van der Waals surface area contributed by atoms with Crippen molar-refractivity contribution in [3.63, 3.8) is 0 Å². The van der Waals surface area contributed by atoms with Gasteiger partial charge in [0.2, 0.25) is 0 Å². The lowest BCUT2D eigenvalue weighted by Crippen LogP contribution is -2.31. The Bertz CT molecular complexity index is 914. The van der Waals surface area contributed by atoms with Gasteiger partial charge < -0.3 is 4.90 Å². The largest absolute Gasteiger partial charge is 0.334 e. The number of thiazole rings is 1. The Labute approximate surface area is 149 Å². The van der Waals surface area contributed by atoms with Crippen LogP contribution in [-0.4, -0.2) is 32.6 Å². The summed E-state index contributed by atoms with van der Waals surface area (Å²) in [6.45, 7) is 2.98. The van der Waals surface area contributed by atoms with Crippen molar-refractivity contribution in [3.8, 4) is 0 Å². The summed E-state index contributed by atoms with van der Waals surface area (Å²) >= 11 is 1.57. The minimum absolute atomic E-state index is 0.182. The molecule has 0 aliphatic rings. The number of aryl methyl sites for hydroxylation is 1. The van der Waals surface area contributed by atoms with E-state index < -0.39 is 0 Å². The van der Waals surface area contributed by atoms with Gasteiger partial charge in [-0.05, 0) is 24.6 Å². The van der Waals surface area contributed by atoms with E-state index in [2.05, 4.69) is 10.1 Å². The molecule has 0 saturated heterocycles. The van der Waals surface area contributed by atoms with E-state index >= 15 is 0 Å². The summed E-state index contributed by atoms with van der Waals surface area (Å²) in [7, 11) is 1.72. The number of para-hydroxylation sites is 1. The zero-order valence-electron chi connectivity index (χ0n) is 14.3. The Morgan fingerprint density at radius 1 is 1.24 bits per heavy atom. The molecule has 0 fully saturated rings. The van der Waals surface area contributed by atoms with Crippen molar-refractivity contribution >= 4 is 27.5 Å². The Morgan fingerprint density at radius 3 is 2.80 bits per heavy atom. The maximum Gasteiger partial charge on any atom is 0.274 e. The van der Waals surface area contributed by atoms with E-state index in [1.54, 1.807) is 23.3 Å². The lowest BCUT2D eigenvalue weighted by Gasteiger charge is -2.15. The minimum Gasteiger partial charge on any atom is -0.334 e.